The monoisotopic (exact) mass is 212 g/mol. The molecule has 0 bridgehead atoms. The second-order valence-corrected chi connectivity index (χ2v) is 4.62. The zero-order valence-corrected chi connectivity index (χ0v) is 9.45. The molecule has 86 valence electrons. The Morgan fingerprint density at radius 1 is 1.40 bits per heavy atom. The lowest BCUT2D eigenvalue weighted by Gasteiger charge is -2.20. The van der Waals surface area contributed by atoms with Gasteiger partial charge < -0.3 is 15.4 Å². The third-order valence-electron chi connectivity index (χ3n) is 3.57. The van der Waals surface area contributed by atoms with Crippen molar-refractivity contribution < 1.29 is 9.53 Å². The molecule has 4 nitrogen and oxygen atoms in total. The molecule has 0 aromatic rings. The molecule has 2 aliphatic rings. The molecule has 4 heteroatoms. The lowest BCUT2D eigenvalue weighted by Crippen LogP contribution is -2.44. The van der Waals surface area contributed by atoms with E-state index in [4.69, 9.17) is 4.74 Å². The van der Waals surface area contributed by atoms with Crippen molar-refractivity contribution in [2.75, 3.05) is 13.2 Å². The van der Waals surface area contributed by atoms with E-state index in [0.717, 1.165) is 26.0 Å². The molecule has 0 spiro atoms. The third kappa shape index (κ3) is 2.32. The van der Waals surface area contributed by atoms with E-state index in [0.29, 0.717) is 6.04 Å². The van der Waals surface area contributed by atoms with Crippen LogP contribution in [0.5, 0.6) is 0 Å². The largest absolute Gasteiger partial charge is 0.376 e. The minimum absolute atomic E-state index is 0.137. The number of rotatable bonds is 2. The summed E-state index contributed by atoms with van der Waals surface area (Å²) in [6, 6.07) is 0.521. The maximum Gasteiger partial charge on any atom is 0.225 e. The van der Waals surface area contributed by atoms with Crippen LogP contribution in [0.4, 0.5) is 0 Å². The molecule has 0 saturated carbocycles. The summed E-state index contributed by atoms with van der Waals surface area (Å²) < 4.78 is 5.43. The summed E-state index contributed by atoms with van der Waals surface area (Å²) in [5.74, 6) is 0.327. The molecule has 4 unspecified atom stereocenters. The van der Waals surface area contributed by atoms with Crippen LogP contribution >= 0.6 is 0 Å². The van der Waals surface area contributed by atoms with Crippen molar-refractivity contribution in [3.05, 3.63) is 0 Å². The van der Waals surface area contributed by atoms with Crippen LogP contribution in [0, 0.1) is 5.92 Å². The summed E-state index contributed by atoms with van der Waals surface area (Å²) in [6.07, 6.45) is 2.06. The van der Waals surface area contributed by atoms with Crippen molar-refractivity contribution in [2.45, 2.75) is 44.9 Å². The summed E-state index contributed by atoms with van der Waals surface area (Å²) >= 11 is 0. The van der Waals surface area contributed by atoms with Crippen LogP contribution in [-0.2, 0) is 9.53 Å². The molecule has 0 aliphatic carbocycles. The number of carbonyl (C=O) groups is 1. The summed E-state index contributed by atoms with van der Waals surface area (Å²) in [7, 11) is 0. The van der Waals surface area contributed by atoms with E-state index in [1.807, 2.05) is 6.92 Å². The Bertz CT molecular complexity index is 245. The van der Waals surface area contributed by atoms with Gasteiger partial charge in [0.2, 0.25) is 5.91 Å². The smallest absolute Gasteiger partial charge is 0.225 e. The molecule has 0 radical (unpaired) electrons. The maximum atomic E-state index is 12.0. The fraction of sp³-hybridized carbons (Fsp3) is 0.909. The average molecular weight is 212 g/mol. The topological polar surface area (TPSA) is 50.4 Å². The second-order valence-electron chi connectivity index (χ2n) is 4.62. The molecule has 2 aliphatic heterocycles. The highest BCUT2D eigenvalue weighted by atomic mass is 16.5. The van der Waals surface area contributed by atoms with E-state index in [1.54, 1.807) is 0 Å². The lowest BCUT2D eigenvalue weighted by molar-refractivity contribution is -0.126. The van der Waals surface area contributed by atoms with Crippen LogP contribution in [0.2, 0.25) is 0 Å². The third-order valence-corrected chi connectivity index (χ3v) is 3.57. The normalized spacial score (nSPS) is 40.7. The summed E-state index contributed by atoms with van der Waals surface area (Å²) in [6.45, 7) is 5.82. The van der Waals surface area contributed by atoms with Crippen LogP contribution in [-0.4, -0.2) is 37.2 Å². The van der Waals surface area contributed by atoms with Crippen molar-refractivity contribution in [3.63, 3.8) is 0 Å². The van der Waals surface area contributed by atoms with Crippen molar-refractivity contribution >= 4 is 5.91 Å². The van der Waals surface area contributed by atoms with E-state index >= 15 is 0 Å². The molecular weight excluding hydrogens is 192 g/mol. The highest BCUT2D eigenvalue weighted by molar-refractivity contribution is 5.80. The number of ether oxygens (including phenoxy) is 1. The van der Waals surface area contributed by atoms with Gasteiger partial charge in [-0.1, -0.05) is 0 Å². The van der Waals surface area contributed by atoms with E-state index in [2.05, 4.69) is 17.6 Å². The number of amides is 1. The van der Waals surface area contributed by atoms with Gasteiger partial charge in [0.15, 0.2) is 0 Å². The molecule has 4 atom stereocenters. The minimum Gasteiger partial charge on any atom is -0.376 e. The zero-order chi connectivity index (χ0) is 10.8. The first-order valence-electron chi connectivity index (χ1n) is 5.84. The van der Waals surface area contributed by atoms with E-state index in [1.165, 1.54) is 0 Å². The van der Waals surface area contributed by atoms with Crippen molar-refractivity contribution in [3.8, 4) is 0 Å². The van der Waals surface area contributed by atoms with Gasteiger partial charge in [-0.3, -0.25) is 4.79 Å². The Labute approximate surface area is 90.8 Å². The number of hydrogen-bond acceptors (Lipinski definition) is 3. The van der Waals surface area contributed by atoms with Gasteiger partial charge in [-0.25, -0.2) is 0 Å². The first-order chi connectivity index (χ1) is 7.18. The summed E-state index contributed by atoms with van der Waals surface area (Å²) in [5, 5.41) is 6.39. The molecule has 0 aromatic heterocycles. The van der Waals surface area contributed by atoms with Gasteiger partial charge in [0.1, 0.15) is 0 Å². The van der Waals surface area contributed by atoms with E-state index in [-0.39, 0.29) is 24.0 Å². The molecule has 2 fully saturated rings. The zero-order valence-electron chi connectivity index (χ0n) is 9.45. The van der Waals surface area contributed by atoms with Crippen LogP contribution in [0.1, 0.15) is 26.7 Å². The van der Waals surface area contributed by atoms with Crippen molar-refractivity contribution in [1.82, 2.24) is 10.6 Å². The quantitative estimate of drug-likeness (QED) is 0.691. The van der Waals surface area contributed by atoms with Gasteiger partial charge in [0, 0.05) is 12.6 Å². The Balaban J connectivity index is 1.86. The van der Waals surface area contributed by atoms with Crippen LogP contribution in [0.25, 0.3) is 0 Å². The highest BCUT2D eigenvalue weighted by Gasteiger charge is 2.33. The van der Waals surface area contributed by atoms with Gasteiger partial charge in [0.25, 0.3) is 0 Å². The lowest BCUT2D eigenvalue weighted by atomic mass is 10.00. The second kappa shape index (κ2) is 4.49. The standard InChI is InChI=1S/C11H20N2O2/c1-7-9(3-5-12-7)11(14)13-10-4-6-15-8(10)2/h7-10,12H,3-6H2,1-2H3,(H,13,14). The van der Waals surface area contributed by atoms with Crippen molar-refractivity contribution in [1.29, 1.82) is 0 Å². The molecule has 2 rings (SSSR count). The van der Waals surface area contributed by atoms with E-state index in [9.17, 15) is 4.79 Å². The Kier molecular flexibility index (Phi) is 3.26. The first kappa shape index (κ1) is 10.9. The SMILES string of the molecule is CC1NCCC1C(=O)NC1CCOC1C. The number of nitrogens with one attached hydrogen (secondary N) is 2. The predicted octanol–water partition coefficient (Wildman–Crippen LogP) is 0.278. The Morgan fingerprint density at radius 3 is 2.73 bits per heavy atom. The molecule has 0 aromatic carbocycles. The summed E-state index contributed by atoms with van der Waals surface area (Å²) in [4.78, 5) is 12.0. The number of hydrogen-bond donors (Lipinski definition) is 2. The van der Waals surface area contributed by atoms with Crippen molar-refractivity contribution in [2.24, 2.45) is 5.92 Å². The molecule has 15 heavy (non-hydrogen) atoms. The van der Waals surface area contributed by atoms with Gasteiger partial charge >= 0.3 is 0 Å². The van der Waals surface area contributed by atoms with Gasteiger partial charge in [-0.15, -0.1) is 0 Å². The highest BCUT2D eigenvalue weighted by Crippen LogP contribution is 2.18. The molecule has 1 amide bonds. The van der Waals surface area contributed by atoms with E-state index < -0.39 is 0 Å². The van der Waals surface area contributed by atoms with Gasteiger partial charge in [-0.05, 0) is 33.2 Å². The molecule has 2 saturated heterocycles. The Morgan fingerprint density at radius 2 is 2.20 bits per heavy atom. The van der Waals surface area contributed by atoms with Gasteiger partial charge in [0.05, 0.1) is 18.1 Å². The van der Waals surface area contributed by atoms with Crippen LogP contribution < -0.4 is 10.6 Å². The van der Waals surface area contributed by atoms with Crippen LogP contribution in [0.15, 0.2) is 0 Å². The fourth-order valence-electron chi connectivity index (χ4n) is 2.43. The molecular formula is C11H20N2O2. The van der Waals surface area contributed by atoms with Gasteiger partial charge in [-0.2, -0.15) is 0 Å². The molecule has 2 heterocycles. The average Bonchev–Trinajstić information content (AvgIpc) is 2.76. The van der Waals surface area contributed by atoms with Crippen LogP contribution in [0.3, 0.4) is 0 Å². The molecule has 2 N–H and O–H groups in total. The maximum absolute atomic E-state index is 12.0. The Hall–Kier alpha value is -0.610. The number of carbonyl (C=O) groups excluding carboxylic acids is 1. The fourth-order valence-corrected chi connectivity index (χ4v) is 2.43. The minimum atomic E-state index is 0.137. The summed E-state index contributed by atoms with van der Waals surface area (Å²) in [5.41, 5.74) is 0. The predicted molar refractivity (Wildman–Crippen MR) is 57.5 cm³/mol. The first-order valence-corrected chi connectivity index (χ1v) is 5.84.